The molecule has 1 aliphatic rings. The van der Waals surface area contributed by atoms with Gasteiger partial charge in [0.25, 0.3) is 5.56 Å². The molecule has 1 aromatic heterocycles. The quantitative estimate of drug-likeness (QED) is 0.681. The van der Waals surface area contributed by atoms with Crippen LogP contribution in [0.15, 0.2) is 35.3 Å². The van der Waals surface area contributed by atoms with Crippen molar-refractivity contribution < 1.29 is 5.11 Å². The predicted molar refractivity (Wildman–Crippen MR) is 77.5 cm³/mol. The van der Waals surface area contributed by atoms with Gasteiger partial charge in [0.2, 0.25) is 0 Å². The van der Waals surface area contributed by atoms with Gasteiger partial charge in [0.15, 0.2) is 0 Å². The van der Waals surface area contributed by atoms with E-state index in [9.17, 15) is 4.79 Å². The number of benzene rings is 1. The minimum atomic E-state index is -0.132. The summed E-state index contributed by atoms with van der Waals surface area (Å²) in [6.45, 7) is 3.49. The van der Waals surface area contributed by atoms with E-state index in [2.05, 4.69) is 17.2 Å². The fourth-order valence-electron chi connectivity index (χ4n) is 2.21. The molecule has 0 saturated carbocycles. The second-order valence-electron chi connectivity index (χ2n) is 4.93. The van der Waals surface area contributed by atoms with Gasteiger partial charge >= 0.3 is 0 Å². The summed E-state index contributed by atoms with van der Waals surface area (Å²) in [6, 6.07) is 7.19. The molecule has 1 saturated heterocycles. The van der Waals surface area contributed by atoms with Crippen LogP contribution in [0.2, 0.25) is 0 Å². The molecule has 4 nitrogen and oxygen atoms in total. The zero-order valence-electron chi connectivity index (χ0n) is 11.1. The summed E-state index contributed by atoms with van der Waals surface area (Å²) in [6.07, 6.45) is 5.74. The molecule has 0 aliphatic carbocycles. The first-order chi connectivity index (χ1) is 9.16. The van der Waals surface area contributed by atoms with Crippen LogP contribution in [0, 0.1) is 0 Å². The summed E-state index contributed by atoms with van der Waals surface area (Å²) in [7, 11) is 0. The fraction of sp³-hybridized carbons (Fsp3) is 0.400. The van der Waals surface area contributed by atoms with Crippen molar-refractivity contribution in [1.82, 2.24) is 10.3 Å². The molecule has 19 heavy (non-hydrogen) atoms. The number of hydrogen-bond acceptors (Lipinski definition) is 3. The minimum absolute atomic E-state index is 0.132. The Bertz CT molecular complexity index is 586. The molecule has 2 heterocycles. The zero-order chi connectivity index (χ0) is 13.7. The Morgan fingerprint density at radius 1 is 1.26 bits per heavy atom. The van der Waals surface area contributed by atoms with E-state index >= 15 is 0 Å². The van der Waals surface area contributed by atoms with Crippen LogP contribution in [-0.2, 0) is 0 Å². The van der Waals surface area contributed by atoms with E-state index in [1.807, 2.05) is 0 Å². The van der Waals surface area contributed by atoms with E-state index in [4.69, 9.17) is 5.11 Å². The maximum atomic E-state index is 11.2. The van der Waals surface area contributed by atoms with E-state index < -0.39 is 0 Å². The number of nitrogens with one attached hydrogen (secondary N) is 2. The topological polar surface area (TPSA) is 65.1 Å². The van der Waals surface area contributed by atoms with Gasteiger partial charge in [-0.05, 0) is 56.0 Å². The van der Waals surface area contributed by atoms with Crippen molar-refractivity contribution in [2.24, 2.45) is 0 Å². The van der Waals surface area contributed by atoms with Gasteiger partial charge in [-0.3, -0.25) is 4.79 Å². The molecular weight excluding hydrogens is 240 g/mol. The molecule has 3 N–H and O–H groups in total. The summed E-state index contributed by atoms with van der Waals surface area (Å²) < 4.78 is 0. The van der Waals surface area contributed by atoms with Gasteiger partial charge in [-0.25, -0.2) is 0 Å². The number of phenolic OH excluding ortho intramolecular Hbond substituents is 1. The molecule has 0 spiro atoms. The van der Waals surface area contributed by atoms with Crippen LogP contribution in [0.25, 0.3) is 10.8 Å². The summed E-state index contributed by atoms with van der Waals surface area (Å²) in [5.41, 5.74) is -0.132. The van der Waals surface area contributed by atoms with Crippen molar-refractivity contribution in [3.8, 4) is 5.75 Å². The maximum Gasteiger partial charge on any atom is 0.255 e. The third-order valence-corrected chi connectivity index (χ3v) is 3.31. The highest BCUT2D eigenvalue weighted by Crippen LogP contribution is 2.15. The molecular formula is C15H20N2O2. The molecule has 1 aromatic carbocycles. The lowest BCUT2D eigenvalue weighted by Crippen LogP contribution is -2.30. The third-order valence-electron chi connectivity index (χ3n) is 3.31. The molecule has 0 radical (unpaired) electrons. The van der Waals surface area contributed by atoms with Crippen molar-refractivity contribution in [3.05, 3.63) is 40.8 Å². The smallest absolute Gasteiger partial charge is 0.255 e. The van der Waals surface area contributed by atoms with Crippen LogP contribution < -0.4 is 10.9 Å². The molecule has 0 bridgehead atoms. The molecule has 1 fully saturated rings. The highest BCUT2D eigenvalue weighted by molar-refractivity contribution is 5.82. The molecule has 1 atom stereocenters. The summed E-state index contributed by atoms with van der Waals surface area (Å²) in [5, 5.41) is 13.8. The fourth-order valence-corrected chi connectivity index (χ4v) is 2.21. The van der Waals surface area contributed by atoms with E-state index in [0.717, 1.165) is 11.4 Å². The van der Waals surface area contributed by atoms with Gasteiger partial charge in [0.05, 0.1) is 0 Å². The van der Waals surface area contributed by atoms with Gasteiger partial charge in [0, 0.05) is 17.6 Å². The average molecular weight is 260 g/mol. The van der Waals surface area contributed by atoms with E-state index in [1.165, 1.54) is 31.9 Å². The summed E-state index contributed by atoms with van der Waals surface area (Å²) in [5.74, 6) is 0.174. The van der Waals surface area contributed by atoms with Crippen molar-refractivity contribution in [1.29, 1.82) is 0 Å². The first kappa shape index (κ1) is 13.6. The lowest BCUT2D eigenvalue weighted by molar-refractivity contribution is 0.425. The number of H-pyrrole nitrogens is 1. The van der Waals surface area contributed by atoms with Gasteiger partial charge < -0.3 is 15.4 Å². The molecule has 2 aromatic rings. The highest BCUT2D eigenvalue weighted by Gasteiger charge is 2.04. The normalized spacial score (nSPS) is 18.7. The molecule has 4 heteroatoms. The zero-order valence-corrected chi connectivity index (χ0v) is 11.1. The van der Waals surface area contributed by atoms with Gasteiger partial charge in [0.1, 0.15) is 5.75 Å². The average Bonchev–Trinajstić information content (AvgIpc) is 2.40. The minimum Gasteiger partial charge on any atom is -0.508 e. The lowest BCUT2D eigenvalue weighted by atomic mass is 10.1. The maximum absolute atomic E-state index is 11.2. The molecule has 0 amide bonds. The number of piperidine rings is 1. The van der Waals surface area contributed by atoms with Gasteiger partial charge in [-0.15, -0.1) is 0 Å². The van der Waals surface area contributed by atoms with E-state index in [-0.39, 0.29) is 11.3 Å². The number of phenols is 1. The Balaban J connectivity index is 0.000000163. The molecule has 102 valence electrons. The molecule has 3 rings (SSSR count). The number of pyridine rings is 1. The highest BCUT2D eigenvalue weighted by atomic mass is 16.3. The number of rotatable bonds is 0. The van der Waals surface area contributed by atoms with Crippen molar-refractivity contribution in [2.75, 3.05) is 6.54 Å². The third kappa shape index (κ3) is 3.83. The second kappa shape index (κ2) is 6.38. The first-order valence-electron chi connectivity index (χ1n) is 6.70. The summed E-state index contributed by atoms with van der Waals surface area (Å²) in [4.78, 5) is 13.7. The SMILES string of the molecule is C[C@H]1CCCCN1.O=c1[nH]ccc2cc(O)ccc12. The van der Waals surface area contributed by atoms with Gasteiger partial charge in [-0.1, -0.05) is 6.42 Å². The van der Waals surface area contributed by atoms with Gasteiger partial charge in [-0.2, -0.15) is 0 Å². The predicted octanol–water partition coefficient (Wildman–Crippen LogP) is 2.38. The largest absolute Gasteiger partial charge is 0.508 e. The van der Waals surface area contributed by atoms with Crippen LogP contribution in [-0.4, -0.2) is 22.7 Å². The standard InChI is InChI=1S/C9H7NO2.C6H13N/c11-7-1-2-8-6(5-7)3-4-10-9(8)12;1-6-4-2-3-5-7-6/h1-5,11H,(H,10,12);6-7H,2-5H2,1H3/t;6-/m.0/s1. The van der Waals surface area contributed by atoms with Crippen LogP contribution in [0.5, 0.6) is 5.75 Å². The van der Waals surface area contributed by atoms with Crippen molar-refractivity contribution in [2.45, 2.75) is 32.2 Å². The van der Waals surface area contributed by atoms with Crippen LogP contribution in [0.4, 0.5) is 0 Å². The monoisotopic (exact) mass is 260 g/mol. The van der Waals surface area contributed by atoms with E-state index in [0.29, 0.717) is 5.39 Å². The second-order valence-corrected chi connectivity index (χ2v) is 4.93. The number of aromatic amines is 1. The Kier molecular flexibility index (Phi) is 4.58. The Hall–Kier alpha value is -1.81. The Morgan fingerprint density at radius 2 is 2.11 bits per heavy atom. The Morgan fingerprint density at radius 3 is 2.74 bits per heavy atom. The summed E-state index contributed by atoms with van der Waals surface area (Å²) >= 11 is 0. The lowest BCUT2D eigenvalue weighted by Gasteiger charge is -2.18. The number of aromatic hydroxyl groups is 1. The number of fused-ring (bicyclic) bond motifs is 1. The Labute approximate surface area is 112 Å². The number of hydrogen-bond donors (Lipinski definition) is 3. The first-order valence-corrected chi connectivity index (χ1v) is 6.70. The van der Waals surface area contributed by atoms with Crippen LogP contribution in [0.3, 0.4) is 0 Å². The van der Waals surface area contributed by atoms with Crippen LogP contribution >= 0.6 is 0 Å². The number of aromatic nitrogens is 1. The van der Waals surface area contributed by atoms with Crippen molar-refractivity contribution >= 4 is 10.8 Å². The van der Waals surface area contributed by atoms with E-state index in [1.54, 1.807) is 24.4 Å². The van der Waals surface area contributed by atoms with Crippen LogP contribution in [0.1, 0.15) is 26.2 Å². The van der Waals surface area contributed by atoms with Crippen molar-refractivity contribution in [3.63, 3.8) is 0 Å². The molecule has 1 aliphatic heterocycles. The molecule has 0 unspecified atom stereocenters.